The Hall–Kier alpha value is -3.33. The van der Waals surface area contributed by atoms with Gasteiger partial charge in [0.25, 0.3) is 11.5 Å². The second-order valence-corrected chi connectivity index (χ2v) is 7.09. The standard InChI is InChI=1S/C18H14FN5O2S/c1-10-11(2)27-18(21-10)22-17(26)14-9-15-20-8-7-16(25)24(15)23(14)13-5-3-12(19)4-6-13/h3-9H,1-2H3,(H,21,22,26). The molecule has 7 nitrogen and oxygen atoms in total. The van der Waals surface area contributed by atoms with E-state index in [0.717, 1.165) is 10.6 Å². The van der Waals surface area contributed by atoms with Gasteiger partial charge in [-0.1, -0.05) is 0 Å². The summed E-state index contributed by atoms with van der Waals surface area (Å²) in [6.45, 7) is 3.78. The molecule has 0 aliphatic carbocycles. The summed E-state index contributed by atoms with van der Waals surface area (Å²) in [5.41, 5.74) is 1.43. The van der Waals surface area contributed by atoms with E-state index in [9.17, 15) is 14.0 Å². The van der Waals surface area contributed by atoms with E-state index >= 15 is 0 Å². The Morgan fingerprint density at radius 1 is 1.19 bits per heavy atom. The van der Waals surface area contributed by atoms with Crippen molar-refractivity contribution in [1.29, 1.82) is 0 Å². The number of aryl methyl sites for hydroxylation is 2. The van der Waals surface area contributed by atoms with Crippen LogP contribution < -0.4 is 10.9 Å². The average Bonchev–Trinajstić information content (AvgIpc) is 3.17. The van der Waals surface area contributed by atoms with Crippen molar-refractivity contribution in [2.45, 2.75) is 13.8 Å². The molecular formula is C18H14FN5O2S. The van der Waals surface area contributed by atoms with Gasteiger partial charge in [0.15, 0.2) is 10.8 Å². The first-order valence-electron chi connectivity index (χ1n) is 8.05. The van der Waals surface area contributed by atoms with Crippen molar-refractivity contribution < 1.29 is 9.18 Å². The molecule has 0 atom stereocenters. The minimum atomic E-state index is -0.446. The van der Waals surface area contributed by atoms with Crippen LogP contribution in [-0.4, -0.2) is 25.1 Å². The fourth-order valence-electron chi connectivity index (χ4n) is 2.69. The van der Waals surface area contributed by atoms with Crippen LogP contribution in [0.2, 0.25) is 0 Å². The van der Waals surface area contributed by atoms with Crippen LogP contribution in [0.5, 0.6) is 0 Å². The molecule has 0 bridgehead atoms. The van der Waals surface area contributed by atoms with Gasteiger partial charge in [0.1, 0.15) is 11.5 Å². The Labute approximate surface area is 156 Å². The van der Waals surface area contributed by atoms with E-state index in [0.29, 0.717) is 16.5 Å². The Kier molecular flexibility index (Phi) is 4.08. The van der Waals surface area contributed by atoms with E-state index in [2.05, 4.69) is 15.3 Å². The zero-order valence-corrected chi connectivity index (χ0v) is 15.2. The number of nitrogens with zero attached hydrogens (tertiary/aromatic N) is 4. The SMILES string of the molecule is Cc1nc(NC(=O)c2cc3nccc(=O)n3n2-c2ccc(F)cc2)sc1C. The van der Waals surface area contributed by atoms with Gasteiger partial charge in [-0.25, -0.2) is 19.0 Å². The van der Waals surface area contributed by atoms with Gasteiger partial charge in [-0.3, -0.25) is 14.9 Å². The molecule has 4 aromatic rings. The summed E-state index contributed by atoms with van der Waals surface area (Å²) in [4.78, 5) is 34.7. The van der Waals surface area contributed by atoms with E-state index in [-0.39, 0.29) is 11.3 Å². The lowest BCUT2D eigenvalue weighted by molar-refractivity contribution is 0.101. The predicted octanol–water partition coefficient (Wildman–Crippen LogP) is 2.95. The number of fused-ring (bicyclic) bond motifs is 1. The van der Waals surface area contributed by atoms with Gasteiger partial charge in [0, 0.05) is 23.2 Å². The normalized spacial score (nSPS) is 11.1. The number of rotatable bonds is 3. The summed E-state index contributed by atoms with van der Waals surface area (Å²) in [6, 6.07) is 8.30. The molecule has 0 aliphatic heterocycles. The van der Waals surface area contributed by atoms with Crippen molar-refractivity contribution in [2.24, 2.45) is 0 Å². The van der Waals surface area contributed by atoms with Crippen molar-refractivity contribution in [2.75, 3.05) is 5.32 Å². The highest BCUT2D eigenvalue weighted by atomic mass is 32.1. The molecule has 1 aromatic carbocycles. The van der Waals surface area contributed by atoms with Crippen molar-refractivity contribution in [1.82, 2.24) is 19.2 Å². The molecule has 4 rings (SSSR count). The van der Waals surface area contributed by atoms with Crippen LogP contribution in [0.1, 0.15) is 21.1 Å². The number of halogens is 1. The summed E-state index contributed by atoms with van der Waals surface area (Å²) in [6.07, 6.45) is 1.38. The highest BCUT2D eigenvalue weighted by Crippen LogP contribution is 2.23. The number of nitrogens with one attached hydrogen (secondary N) is 1. The van der Waals surface area contributed by atoms with E-state index in [1.54, 1.807) is 0 Å². The first-order chi connectivity index (χ1) is 12.9. The number of hydrogen-bond donors (Lipinski definition) is 1. The average molecular weight is 383 g/mol. The topological polar surface area (TPSA) is 81.3 Å². The van der Waals surface area contributed by atoms with Gasteiger partial charge in [0.2, 0.25) is 0 Å². The summed E-state index contributed by atoms with van der Waals surface area (Å²) < 4.78 is 16.0. The molecule has 27 heavy (non-hydrogen) atoms. The smallest absolute Gasteiger partial charge is 0.276 e. The fraction of sp³-hybridized carbons (Fsp3) is 0.111. The molecular weight excluding hydrogens is 369 g/mol. The van der Waals surface area contributed by atoms with Gasteiger partial charge in [-0.05, 0) is 38.1 Å². The summed E-state index contributed by atoms with van der Waals surface area (Å²) in [7, 11) is 0. The molecule has 0 radical (unpaired) electrons. The van der Waals surface area contributed by atoms with E-state index in [1.807, 2.05) is 13.8 Å². The van der Waals surface area contributed by atoms with Crippen LogP contribution in [0.3, 0.4) is 0 Å². The highest BCUT2D eigenvalue weighted by molar-refractivity contribution is 7.15. The lowest BCUT2D eigenvalue weighted by atomic mass is 10.3. The second-order valence-electron chi connectivity index (χ2n) is 5.89. The summed E-state index contributed by atoms with van der Waals surface area (Å²) in [5, 5.41) is 3.22. The first-order valence-corrected chi connectivity index (χ1v) is 8.87. The second kappa shape index (κ2) is 6.44. The van der Waals surface area contributed by atoms with Gasteiger partial charge >= 0.3 is 0 Å². The molecule has 0 saturated heterocycles. The maximum atomic E-state index is 13.3. The lowest BCUT2D eigenvalue weighted by Crippen LogP contribution is -2.23. The van der Waals surface area contributed by atoms with Crippen LogP contribution in [0.25, 0.3) is 11.3 Å². The number of hydrogen-bond acceptors (Lipinski definition) is 5. The molecule has 0 unspecified atom stereocenters. The molecule has 3 heterocycles. The van der Waals surface area contributed by atoms with Crippen molar-refractivity contribution in [3.63, 3.8) is 0 Å². The molecule has 0 fully saturated rings. The number of thiazole rings is 1. The molecule has 3 aromatic heterocycles. The number of aromatic nitrogens is 4. The van der Waals surface area contributed by atoms with Crippen molar-refractivity contribution >= 4 is 28.0 Å². The van der Waals surface area contributed by atoms with Crippen molar-refractivity contribution in [3.05, 3.63) is 75.0 Å². The Bertz CT molecular complexity index is 1200. The van der Waals surface area contributed by atoms with Crippen molar-refractivity contribution in [3.8, 4) is 5.69 Å². The number of anilines is 1. The largest absolute Gasteiger partial charge is 0.296 e. The van der Waals surface area contributed by atoms with E-state index in [4.69, 9.17) is 0 Å². The Balaban J connectivity index is 1.88. The monoisotopic (exact) mass is 383 g/mol. The number of carbonyl (C=O) groups is 1. The number of amides is 1. The minimum absolute atomic E-state index is 0.183. The molecule has 1 amide bonds. The minimum Gasteiger partial charge on any atom is -0.296 e. The van der Waals surface area contributed by atoms with Gasteiger partial charge < -0.3 is 0 Å². The maximum Gasteiger partial charge on any atom is 0.276 e. The van der Waals surface area contributed by atoms with Crippen LogP contribution in [0.15, 0.2) is 47.4 Å². The van der Waals surface area contributed by atoms with Gasteiger partial charge in [-0.15, -0.1) is 11.3 Å². The lowest BCUT2D eigenvalue weighted by Gasteiger charge is -2.10. The molecule has 136 valence electrons. The fourth-order valence-corrected chi connectivity index (χ4v) is 3.50. The first kappa shape index (κ1) is 17.1. The zero-order chi connectivity index (χ0) is 19.1. The third kappa shape index (κ3) is 3.02. The molecule has 0 aliphatic rings. The summed E-state index contributed by atoms with van der Waals surface area (Å²) in [5.74, 6) is -0.863. The zero-order valence-electron chi connectivity index (χ0n) is 14.4. The predicted molar refractivity (Wildman–Crippen MR) is 100 cm³/mol. The highest BCUT2D eigenvalue weighted by Gasteiger charge is 2.20. The molecule has 1 N–H and O–H groups in total. The van der Waals surface area contributed by atoms with E-state index < -0.39 is 11.7 Å². The molecule has 9 heteroatoms. The molecule has 0 spiro atoms. The third-order valence-corrected chi connectivity index (χ3v) is 5.08. The maximum absolute atomic E-state index is 13.3. The Morgan fingerprint density at radius 3 is 2.59 bits per heavy atom. The third-order valence-electron chi connectivity index (χ3n) is 4.10. The van der Waals surface area contributed by atoms with Gasteiger partial charge in [-0.2, -0.15) is 4.52 Å². The van der Waals surface area contributed by atoms with Gasteiger partial charge in [0.05, 0.1) is 11.4 Å². The summed E-state index contributed by atoms with van der Waals surface area (Å²) >= 11 is 1.36. The van der Waals surface area contributed by atoms with Crippen LogP contribution >= 0.6 is 11.3 Å². The quantitative estimate of drug-likeness (QED) is 0.590. The number of benzene rings is 1. The van der Waals surface area contributed by atoms with Crippen LogP contribution in [0, 0.1) is 19.7 Å². The molecule has 0 saturated carbocycles. The van der Waals surface area contributed by atoms with E-state index in [1.165, 1.54) is 63.1 Å². The number of carbonyl (C=O) groups excluding carboxylic acids is 1. The van der Waals surface area contributed by atoms with Crippen LogP contribution in [-0.2, 0) is 0 Å². The Morgan fingerprint density at radius 2 is 1.93 bits per heavy atom. The van der Waals surface area contributed by atoms with Crippen LogP contribution in [0.4, 0.5) is 9.52 Å².